The van der Waals surface area contributed by atoms with E-state index in [2.05, 4.69) is 26.1 Å². The van der Waals surface area contributed by atoms with E-state index in [-0.39, 0.29) is 5.91 Å². The van der Waals surface area contributed by atoms with Gasteiger partial charge in [-0.2, -0.15) is 0 Å². The second-order valence-electron chi connectivity index (χ2n) is 7.16. The fourth-order valence-corrected chi connectivity index (χ4v) is 4.41. The van der Waals surface area contributed by atoms with Crippen molar-refractivity contribution >= 4 is 51.9 Å². The van der Waals surface area contributed by atoms with Crippen LogP contribution < -0.4 is 16.2 Å². The van der Waals surface area contributed by atoms with Crippen LogP contribution in [-0.2, 0) is 10.5 Å². The highest BCUT2D eigenvalue weighted by Gasteiger charge is 2.18. The third-order valence-electron chi connectivity index (χ3n) is 4.74. The molecule has 2 aromatic heterocycles. The predicted octanol–water partition coefficient (Wildman–Crippen LogP) is 3.50. The van der Waals surface area contributed by atoms with Crippen molar-refractivity contribution in [1.82, 2.24) is 26.1 Å². The fraction of sp³-hybridized carbons (Fsp3) is 0.130. The summed E-state index contributed by atoms with van der Waals surface area (Å²) in [7, 11) is 0. The summed E-state index contributed by atoms with van der Waals surface area (Å²) in [5.74, 6) is -0.612. The lowest BCUT2D eigenvalue weighted by Crippen LogP contribution is -2.51. The maximum absolute atomic E-state index is 12.3. The summed E-state index contributed by atoms with van der Waals surface area (Å²) in [6.07, 6.45) is 0. The summed E-state index contributed by atoms with van der Waals surface area (Å²) in [5.41, 5.74) is 8.07. The number of hydrogen-bond donors (Lipinski definition) is 4. The number of rotatable bonds is 7. The number of benzene rings is 2. The number of fused-ring (bicyclic) bond motifs is 1. The van der Waals surface area contributed by atoms with E-state index in [0.29, 0.717) is 16.2 Å². The Kier molecular flexibility index (Phi) is 7.06. The quantitative estimate of drug-likeness (QED) is 0.239. The minimum atomic E-state index is -0.808. The molecule has 2 heterocycles. The molecule has 4 N–H and O–H groups in total. The Labute approximate surface area is 198 Å². The van der Waals surface area contributed by atoms with Crippen LogP contribution in [0.5, 0.6) is 0 Å². The van der Waals surface area contributed by atoms with Crippen LogP contribution in [-0.4, -0.2) is 33.7 Å². The Balaban J connectivity index is 1.24. The highest BCUT2D eigenvalue weighted by atomic mass is 32.2. The summed E-state index contributed by atoms with van der Waals surface area (Å²) < 4.78 is 0. The van der Waals surface area contributed by atoms with Crippen LogP contribution in [0.25, 0.3) is 11.0 Å². The standard InChI is InChI=1S/C23H21N5O3S2/c1-14(24-22(31)19-7-4-12-32-19)20(29)27-28-21(30)16-10-8-15(9-11-16)13-33-23-25-17-5-2-3-6-18(17)26-23/h2-12,14H,13H2,1H3,(H,24,31)(H,25,26)(H,27,29)(H,28,30). The summed E-state index contributed by atoms with van der Waals surface area (Å²) in [4.78, 5) is 44.9. The Hall–Kier alpha value is -3.63. The third kappa shape index (κ3) is 5.79. The van der Waals surface area contributed by atoms with Gasteiger partial charge in [-0.05, 0) is 48.2 Å². The molecule has 0 saturated carbocycles. The number of para-hydroxylation sites is 2. The molecule has 0 bridgehead atoms. The Morgan fingerprint density at radius 1 is 1.00 bits per heavy atom. The smallest absolute Gasteiger partial charge is 0.269 e. The third-order valence-corrected chi connectivity index (χ3v) is 6.56. The van der Waals surface area contributed by atoms with E-state index in [1.165, 1.54) is 11.3 Å². The van der Waals surface area contributed by atoms with Crippen molar-refractivity contribution in [3.63, 3.8) is 0 Å². The Morgan fingerprint density at radius 2 is 1.79 bits per heavy atom. The van der Waals surface area contributed by atoms with Crippen molar-refractivity contribution in [2.45, 2.75) is 23.9 Å². The van der Waals surface area contributed by atoms with Crippen LogP contribution in [0.15, 0.2) is 71.2 Å². The van der Waals surface area contributed by atoms with Crippen molar-refractivity contribution < 1.29 is 14.4 Å². The lowest BCUT2D eigenvalue weighted by Gasteiger charge is -2.14. The van der Waals surface area contributed by atoms with E-state index in [1.807, 2.05) is 36.4 Å². The molecule has 0 aliphatic carbocycles. The van der Waals surface area contributed by atoms with Crippen LogP contribution >= 0.6 is 23.1 Å². The highest BCUT2D eigenvalue weighted by Crippen LogP contribution is 2.23. The van der Waals surface area contributed by atoms with Crippen molar-refractivity contribution in [3.8, 4) is 0 Å². The number of hydrazine groups is 1. The number of hydrogen-bond acceptors (Lipinski definition) is 6. The molecule has 10 heteroatoms. The molecule has 0 fully saturated rings. The van der Waals surface area contributed by atoms with Gasteiger partial charge in [0.15, 0.2) is 5.16 Å². The lowest BCUT2D eigenvalue weighted by atomic mass is 10.1. The first-order chi connectivity index (χ1) is 16.0. The van der Waals surface area contributed by atoms with Crippen molar-refractivity contribution in [3.05, 3.63) is 82.0 Å². The van der Waals surface area contributed by atoms with Gasteiger partial charge >= 0.3 is 0 Å². The number of thiophene rings is 1. The maximum atomic E-state index is 12.3. The number of aromatic amines is 1. The summed E-state index contributed by atoms with van der Waals surface area (Å²) in [5, 5.41) is 5.20. The van der Waals surface area contributed by atoms with Gasteiger partial charge in [0.05, 0.1) is 15.9 Å². The number of nitrogens with one attached hydrogen (secondary N) is 4. The molecule has 8 nitrogen and oxygen atoms in total. The van der Waals surface area contributed by atoms with Gasteiger partial charge in [0.25, 0.3) is 17.7 Å². The van der Waals surface area contributed by atoms with Gasteiger partial charge in [-0.25, -0.2) is 4.98 Å². The van der Waals surface area contributed by atoms with E-state index >= 15 is 0 Å². The second-order valence-corrected chi connectivity index (χ2v) is 9.07. The molecule has 1 unspecified atom stereocenters. The molecule has 0 saturated heterocycles. The normalized spacial score (nSPS) is 11.7. The van der Waals surface area contributed by atoms with Crippen LogP contribution in [0, 0.1) is 0 Å². The van der Waals surface area contributed by atoms with E-state index in [0.717, 1.165) is 21.8 Å². The van der Waals surface area contributed by atoms with Gasteiger partial charge in [-0.1, -0.05) is 42.1 Å². The van der Waals surface area contributed by atoms with Gasteiger partial charge in [0.1, 0.15) is 6.04 Å². The van der Waals surface area contributed by atoms with Gasteiger partial charge in [0, 0.05) is 11.3 Å². The summed E-state index contributed by atoms with van der Waals surface area (Å²) in [6.45, 7) is 1.54. The molecular formula is C23H21N5O3S2. The van der Waals surface area contributed by atoms with Crippen LogP contribution in [0.2, 0.25) is 0 Å². The predicted molar refractivity (Wildman–Crippen MR) is 129 cm³/mol. The fourth-order valence-electron chi connectivity index (χ4n) is 2.94. The average Bonchev–Trinajstić information content (AvgIpc) is 3.51. The van der Waals surface area contributed by atoms with E-state index < -0.39 is 17.9 Å². The molecule has 168 valence electrons. The highest BCUT2D eigenvalue weighted by molar-refractivity contribution is 7.98. The Bertz CT molecular complexity index is 1240. The summed E-state index contributed by atoms with van der Waals surface area (Å²) in [6, 6.07) is 17.6. The molecule has 33 heavy (non-hydrogen) atoms. The number of thioether (sulfide) groups is 1. The first kappa shape index (κ1) is 22.6. The van der Waals surface area contributed by atoms with Crippen molar-refractivity contribution in [1.29, 1.82) is 0 Å². The molecule has 1 atom stereocenters. The number of H-pyrrole nitrogens is 1. The minimum Gasteiger partial charge on any atom is -0.340 e. The van der Waals surface area contributed by atoms with Gasteiger partial charge < -0.3 is 10.3 Å². The Morgan fingerprint density at radius 3 is 2.52 bits per heavy atom. The molecule has 4 aromatic rings. The molecule has 3 amide bonds. The van der Waals surface area contributed by atoms with Crippen LogP contribution in [0.1, 0.15) is 32.5 Å². The van der Waals surface area contributed by atoms with Crippen molar-refractivity contribution in [2.75, 3.05) is 0 Å². The average molecular weight is 480 g/mol. The first-order valence-electron chi connectivity index (χ1n) is 10.1. The van der Waals surface area contributed by atoms with Crippen LogP contribution in [0.4, 0.5) is 0 Å². The number of carbonyl (C=O) groups is 3. The summed E-state index contributed by atoms with van der Waals surface area (Å²) >= 11 is 2.86. The zero-order chi connectivity index (χ0) is 23.2. The second kappa shape index (κ2) is 10.3. The number of amides is 3. The SMILES string of the molecule is CC(NC(=O)c1cccs1)C(=O)NNC(=O)c1ccc(CSc2nc3ccccc3[nH]2)cc1. The molecule has 0 aliphatic rings. The van der Waals surface area contributed by atoms with E-state index in [9.17, 15) is 14.4 Å². The monoisotopic (exact) mass is 479 g/mol. The molecule has 0 aliphatic heterocycles. The first-order valence-corrected chi connectivity index (χ1v) is 12.0. The molecule has 0 spiro atoms. The largest absolute Gasteiger partial charge is 0.340 e. The van der Waals surface area contributed by atoms with Crippen molar-refractivity contribution in [2.24, 2.45) is 0 Å². The number of carbonyl (C=O) groups excluding carboxylic acids is 3. The molecule has 0 radical (unpaired) electrons. The van der Waals surface area contributed by atoms with Gasteiger partial charge in [0.2, 0.25) is 0 Å². The number of aromatic nitrogens is 2. The van der Waals surface area contributed by atoms with Gasteiger partial charge in [-0.3, -0.25) is 25.2 Å². The zero-order valence-electron chi connectivity index (χ0n) is 17.6. The van der Waals surface area contributed by atoms with Gasteiger partial charge in [-0.15, -0.1) is 11.3 Å². The van der Waals surface area contributed by atoms with Crippen LogP contribution in [0.3, 0.4) is 0 Å². The lowest BCUT2D eigenvalue weighted by molar-refractivity contribution is -0.123. The molecule has 2 aromatic carbocycles. The number of nitrogens with zero attached hydrogens (tertiary/aromatic N) is 1. The molecular weight excluding hydrogens is 458 g/mol. The van der Waals surface area contributed by atoms with E-state index in [1.54, 1.807) is 48.3 Å². The number of imidazole rings is 1. The maximum Gasteiger partial charge on any atom is 0.269 e. The molecule has 4 rings (SSSR count). The van der Waals surface area contributed by atoms with E-state index in [4.69, 9.17) is 0 Å². The zero-order valence-corrected chi connectivity index (χ0v) is 19.3. The minimum absolute atomic E-state index is 0.338. The topological polar surface area (TPSA) is 116 Å².